The number of nitrogens with one attached hydrogen (secondary N) is 1. The van der Waals surface area contributed by atoms with E-state index in [0.717, 1.165) is 11.1 Å². The summed E-state index contributed by atoms with van der Waals surface area (Å²) in [5.41, 5.74) is 15.9. The highest BCUT2D eigenvalue weighted by molar-refractivity contribution is 6.08. The molecule has 0 aliphatic rings. The molecule has 4 heteroatoms. The lowest BCUT2D eigenvalue weighted by Crippen LogP contribution is -2.13. The molecule has 0 radical (unpaired) electrons. The zero-order valence-electron chi connectivity index (χ0n) is 12.5. The van der Waals surface area contributed by atoms with Gasteiger partial charge in [-0.1, -0.05) is 30.3 Å². The van der Waals surface area contributed by atoms with E-state index in [1.165, 1.54) is 0 Å². The highest BCUT2D eigenvalue weighted by Gasteiger charge is 2.12. The van der Waals surface area contributed by atoms with E-state index in [4.69, 9.17) is 11.5 Å². The molecule has 0 saturated heterocycles. The topological polar surface area (TPSA) is 81.1 Å². The van der Waals surface area contributed by atoms with Crippen LogP contribution in [0.5, 0.6) is 0 Å². The number of carbonyl (C=O) groups is 1. The van der Waals surface area contributed by atoms with Crippen molar-refractivity contribution in [2.75, 3.05) is 16.8 Å². The summed E-state index contributed by atoms with van der Waals surface area (Å²) in [7, 11) is 0. The Labute approximate surface area is 134 Å². The summed E-state index contributed by atoms with van der Waals surface area (Å²) < 4.78 is 0. The predicted octanol–water partition coefficient (Wildman–Crippen LogP) is 3.77. The van der Waals surface area contributed by atoms with E-state index in [9.17, 15) is 4.79 Å². The van der Waals surface area contributed by atoms with Crippen LogP contribution in [-0.2, 0) is 0 Å². The molecular weight excluding hydrogens is 286 g/mol. The fourth-order valence-electron chi connectivity index (χ4n) is 2.36. The van der Waals surface area contributed by atoms with E-state index in [0.29, 0.717) is 22.6 Å². The number of hydrogen-bond donors (Lipinski definition) is 3. The standard InChI is InChI=1S/C19H17N3O/c20-14-7-5-13(6-8-14)17-3-1-2-4-18(17)19(23)22-16-11-9-15(21)10-12-16/h1-12H,20-21H2,(H,22,23). The van der Waals surface area contributed by atoms with Crippen LogP contribution in [0.1, 0.15) is 10.4 Å². The number of nitrogen functional groups attached to an aromatic ring is 2. The minimum absolute atomic E-state index is 0.165. The molecule has 5 N–H and O–H groups in total. The van der Waals surface area contributed by atoms with Crippen molar-refractivity contribution in [1.29, 1.82) is 0 Å². The summed E-state index contributed by atoms with van der Waals surface area (Å²) in [6, 6.07) is 22.0. The lowest BCUT2D eigenvalue weighted by atomic mass is 9.99. The molecule has 0 bridgehead atoms. The van der Waals surface area contributed by atoms with Crippen molar-refractivity contribution in [3.8, 4) is 11.1 Å². The quantitative estimate of drug-likeness (QED) is 0.644. The Morgan fingerprint density at radius 3 is 1.96 bits per heavy atom. The first-order chi connectivity index (χ1) is 11.1. The molecule has 0 spiro atoms. The predicted molar refractivity (Wildman–Crippen MR) is 95.1 cm³/mol. The van der Waals surface area contributed by atoms with Crippen molar-refractivity contribution in [3.05, 3.63) is 78.4 Å². The second-order valence-corrected chi connectivity index (χ2v) is 5.24. The van der Waals surface area contributed by atoms with Crippen LogP contribution in [0.25, 0.3) is 11.1 Å². The molecule has 3 aromatic carbocycles. The Hall–Kier alpha value is -3.27. The van der Waals surface area contributed by atoms with Gasteiger partial charge in [-0.05, 0) is 53.6 Å². The Morgan fingerprint density at radius 2 is 1.30 bits per heavy atom. The van der Waals surface area contributed by atoms with Crippen LogP contribution in [0.2, 0.25) is 0 Å². The average Bonchev–Trinajstić information content (AvgIpc) is 2.58. The molecule has 114 valence electrons. The van der Waals surface area contributed by atoms with E-state index in [2.05, 4.69) is 5.32 Å². The van der Waals surface area contributed by atoms with Crippen LogP contribution in [-0.4, -0.2) is 5.91 Å². The molecule has 0 unspecified atom stereocenters. The first-order valence-electron chi connectivity index (χ1n) is 7.25. The molecule has 23 heavy (non-hydrogen) atoms. The third kappa shape index (κ3) is 3.32. The third-order valence-electron chi connectivity index (χ3n) is 3.56. The fourth-order valence-corrected chi connectivity index (χ4v) is 2.36. The number of rotatable bonds is 3. The highest BCUT2D eigenvalue weighted by atomic mass is 16.1. The van der Waals surface area contributed by atoms with Gasteiger partial charge in [0.15, 0.2) is 0 Å². The molecule has 0 saturated carbocycles. The minimum atomic E-state index is -0.165. The summed E-state index contributed by atoms with van der Waals surface area (Å²) in [6.45, 7) is 0. The van der Waals surface area contributed by atoms with Gasteiger partial charge < -0.3 is 16.8 Å². The smallest absolute Gasteiger partial charge is 0.256 e. The van der Waals surface area contributed by atoms with Crippen molar-refractivity contribution < 1.29 is 4.79 Å². The summed E-state index contributed by atoms with van der Waals surface area (Å²) in [5.74, 6) is -0.165. The van der Waals surface area contributed by atoms with Crippen LogP contribution in [0.15, 0.2) is 72.8 Å². The molecule has 0 aliphatic carbocycles. The molecule has 0 aliphatic heterocycles. The molecule has 0 aromatic heterocycles. The molecule has 3 rings (SSSR count). The van der Waals surface area contributed by atoms with E-state index < -0.39 is 0 Å². The minimum Gasteiger partial charge on any atom is -0.399 e. The number of hydrogen-bond acceptors (Lipinski definition) is 3. The maximum absolute atomic E-state index is 12.6. The fraction of sp³-hybridized carbons (Fsp3) is 0. The summed E-state index contributed by atoms with van der Waals surface area (Å²) >= 11 is 0. The molecule has 1 amide bonds. The van der Waals surface area contributed by atoms with Crippen molar-refractivity contribution in [2.24, 2.45) is 0 Å². The van der Waals surface area contributed by atoms with Crippen LogP contribution in [0, 0.1) is 0 Å². The number of nitrogens with two attached hydrogens (primary N) is 2. The second-order valence-electron chi connectivity index (χ2n) is 5.24. The van der Waals surface area contributed by atoms with Crippen LogP contribution in [0.4, 0.5) is 17.1 Å². The summed E-state index contributed by atoms with van der Waals surface area (Å²) in [5, 5.41) is 2.89. The largest absolute Gasteiger partial charge is 0.399 e. The van der Waals surface area contributed by atoms with Gasteiger partial charge in [-0.15, -0.1) is 0 Å². The van der Waals surface area contributed by atoms with Gasteiger partial charge >= 0.3 is 0 Å². The van der Waals surface area contributed by atoms with Crippen LogP contribution < -0.4 is 16.8 Å². The third-order valence-corrected chi connectivity index (χ3v) is 3.56. The van der Waals surface area contributed by atoms with Crippen molar-refractivity contribution in [1.82, 2.24) is 0 Å². The highest BCUT2D eigenvalue weighted by Crippen LogP contribution is 2.25. The maximum atomic E-state index is 12.6. The van der Waals surface area contributed by atoms with Crippen molar-refractivity contribution >= 4 is 23.0 Å². The Kier molecular flexibility index (Phi) is 3.97. The van der Waals surface area contributed by atoms with Gasteiger partial charge in [0.05, 0.1) is 0 Å². The van der Waals surface area contributed by atoms with E-state index in [1.54, 1.807) is 30.3 Å². The van der Waals surface area contributed by atoms with Gasteiger partial charge in [-0.2, -0.15) is 0 Å². The first kappa shape index (κ1) is 14.7. The first-order valence-corrected chi connectivity index (χ1v) is 7.25. The zero-order chi connectivity index (χ0) is 16.2. The Balaban J connectivity index is 1.92. The van der Waals surface area contributed by atoms with Crippen molar-refractivity contribution in [3.63, 3.8) is 0 Å². The number of amides is 1. The lowest BCUT2D eigenvalue weighted by Gasteiger charge is -2.11. The molecule has 4 nitrogen and oxygen atoms in total. The monoisotopic (exact) mass is 303 g/mol. The van der Waals surface area contributed by atoms with Gasteiger partial charge in [0.1, 0.15) is 0 Å². The van der Waals surface area contributed by atoms with Gasteiger partial charge in [-0.3, -0.25) is 4.79 Å². The average molecular weight is 303 g/mol. The maximum Gasteiger partial charge on any atom is 0.256 e. The van der Waals surface area contributed by atoms with Crippen molar-refractivity contribution in [2.45, 2.75) is 0 Å². The second kappa shape index (κ2) is 6.23. The molecule has 0 atom stereocenters. The van der Waals surface area contributed by atoms with Gasteiger partial charge in [0, 0.05) is 22.6 Å². The Bertz CT molecular complexity index is 824. The van der Waals surface area contributed by atoms with E-state index in [-0.39, 0.29) is 5.91 Å². The summed E-state index contributed by atoms with van der Waals surface area (Å²) in [4.78, 5) is 12.6. The lowest BCUT2D eigenvalue weighted by molar-refractivity contribution is 0.102. The van der Waals surface area contributed by atoms with Gasteiger partial charge in [-0.25, -0.2) is 0 Å². The summed E-state index contributed by atoms with van der Waals surface area (Å²) in [6.07, 6.45) is 0. The van der Waals surface area contributed by atoms with Gasteiger partial charge in [0.25, 0.3) is 5.91 Å². The molecule has 3 aromatic rings. The molecule has 0 heterocycles. The molecular formula is C19H17N3O. The normalized spacial score (nSPS) is 10.3. The number of benzene rings is 3. The number of carbonyl (C=O) groups excluding carboxylic acids is 1. The van der Waals surface area contributed by atoms with Crippen LogP contribution in [0.3, 0.4) is 0 Å². The SMILES string of the molecule is Nc1ccc(NC(=O)c2ccccc2-c2ccc(N)cc2)cc1. The molecule has 0 fully saturated rings. The van der Waals surface area contributed by atoms with Gasteiger partial charge in [0.2, 0.25) is 0 Å². The Morgan fingerprint density at radius 1 is 0.739 bits per heavy atom. The van der Waals surface area contributed by atoms with Crippen LogP contribution >= 0.6 is 0 Å². The zero-order valence-corrected chi connectivity index (χ0v) is 12.5. The van der Waals surface area contributed by atoms with E-state index >= 15 is 0 Å². The number of anilines is 3. The van der Waals surface area contributed by atoms with E-state index in [1.807, 2.05) is 42.5 Å².